The van der Waals surface area contributed by atoms with Crippen molar-refractivity contribution >= 4 is 17.1 Å². The molecule has 4 aromatic rings. The summed E-state index contributed by atoms with van der Waals surface area (Å²) >= 11 is 0. The number of fused-ring (bicyclic) bond motifs is 1. The van der Waals surface area contributed by atoms with E-state index in [0.29, 0.717) is 10.9 Å². The van der Waals surface area contributed by atoms with Gasteiger partial charge >= 0.3 is 5.69 Å². The molecule has 0 aliphatic carbocycles. The number of hydrogen-bond donors (Lipinski definition) is 1. The lowest BCUT2D eigenvalue weighted by Crippen LogP contribution is -2.32. The molecule has 0 bridgehead atoms. The second-order valence-electron chi connectivity index (χ2n) is 6.21. The second-order valence-corrected chi connectivity index (χ2v) is 6.21. The lowest BCUT2D eigenvalue weighted by molar-refractivity contribution is 0.771. The van der Waals surface area contributed by atoms with Gasteiger partial charge in [-0.15, -0.1) is 4.68 Å². The Morgan fingerprint density at radius 1 is 1.11 bits per heavy atom. The van der Waals surface area contributed by atoms with E-state index in [9.17, 15) is 9.59 Å². The summed E-state index contributed by atoms with van der Waals surface area (Å²) in [5.41, 5.74) is 3.16. The van der Waals surface area contributed by atoms with Crippen molar-refractivity contribution in [1.29, 1.82) is 0 Å². The van der Waals surface area contributed by atoms with Crippen molar-refractivity contribution in [3.8, 4) is 5.69 Å². The van der Waals surface area contributed by atoms with Gasteiger partial charge in [0, 0.05) is 23.1 Å². The molecule has 3 heterocycles. The van der Waals surface area contributed by atoms with Gasteiger partial charge in [-0.2, -0.15) is 5.10 Å². The van der Waals surface area contributed by atoms with Crippen LogP contribution in [-0.4, -0.2) is 25.4 Å². The molecule has 1 aromatic carbocycles. The Morgan fingerprint density at radius 2 is 1.93 bits per heavy atom. The van der Waals surface area contributed by atoms with Crippen molar-refractivity contribution in [3.05, 3.63) is 92.6 Å². The zero-order valence-electron chi connectivity index (χ0n) is 14.9. The van der Waals surface area contributed by atoms with E-state index in [1.807, 2.05) is 36.6 Å². The van der Waals surface area contributed by atoms with E-state index >= 15 is 0 Å². The van der Waals surface area contributed by atoms with Crippen molar-refractivity contribution in [2.75, 3.05) is 0 Å². The molecule has 0 atom stereocenters. The van der Waals surface area contributed by atoms with Crippen LogP contribution < -0.4 is 11.2 Å². The number of H-pyrrole nitrogens is 1. The van der Waals surface area contributed by atoms with Crippen LogP contribution in [0.5, 0.6) is 0 Å². The van der Waals surface area contributed by atoms with Gasteiger partial charge < -0.3 is 9.55 Å². The number of rotatable bonds is 3. The standard InChI is InChI=1S/C20H17N5O2/c1-13-10-15(14(2)24(13)16-6-5-9-21-12-16)11-22-25-19(26)17-7-3-4-8-18(17)23-20(25)27/h3-12H,1-2H3,(H,23,27). The van der Waals surface area contributed by atoms with Crippen molar-refractivity contribution in [2.45, 2.75) is 13.8 Å². The molecule has 7 nitrogen and oxygen atoms in total. The van der Waals surface area contributed by atoms with Crippen LogP contribution in [0.1, 0.15) is 17.0 Å². The molecule has 0 aliphatic heterocycles. The summed E-state index contributed by atoms with van der Waals surface area (Å²) in [7, 11) is 0. The summed E-state index contributed by atoms with van der Waals surface area (Å²) in [5.74, 6) is 0. The number of aryl methyl sites for hydroxylation is 1. The Balaban J connectivity index is 1.80. The summed E-state index contributed by atoms with van der Waals surface area (Å²) in [4.78, 5) is 31.6. The summed E-state index contributed by atoms with van der Waals surface area (Å²) < 4.78 is 2.89. The number of pyridine rings is 1. The molecule has 0 saturated carbocycles. The van der Waals surface area contributed by atoms with Crippen molar-refractivity contribution in [3.63, 3.8) is 0 Å². The molecule has 0 fully saturated rings. The van der Waals surface area contributed by atoms with Crippen LogP contribution in [0.25, 0.3) is 16.6 Å². The smallest absolute Gasteiger partial charge is 0.316 e. The van der Waals surface area contributed by atoms with Crippen LogP contribution >= 0.6 is 0 Å². The highest BCUT2D eigenvalue weighted by Crippen LogP contribution is 2.18. The molecular weight excluding hydrogens is 342 g/mol. The van der Waals surface area contributed by atoms with Gasteiger partial charge in [-0.25, -0.2) is 4.79 Å². The number of para-hydroxylation sites is 1. The van der Waals surface area contributed by atoms with Gasteiger partial charge in [0.15, 0.2) is 0 Å². The minimum absolute atomic E-state index is 0.412. The molecule has 0 unspecified atom stereocenters. The Labute approximate surface area is 154 Å². The lowest BCUT2D eigenvalue weighted by Gasteiger charge is -2.08. The van der Waals surface area contributed by atoms with Gasteiger partial charge in [0.25, 0.3) is 5.56 Å². The maximum Gasteiger partial charge on any atom is 0.349 e. The van der Waals surface area contributed by atoms with E-state index in [0.717, 1.165) is 27.3 Å². The van der Waals surface area contributed by atoms with Crippen molar-refractivity contribution < 1.29 is 0 Å². The highest BCUT2D eigenvalue weighted by Gasteiger charge is 2.10. The van der Waals surface area contributed by atoms with Gasteiger partial charge in [0.2, 0.25) is 0 Å². The molecule has 3 aromatic heterocycles. The predicted molar refractivity (Wildman–Crippen MR) is 105 cm³/mol. The molecule has 7 heteroatoms. The van der Waals surface area contributed by atoms with Gasteiger partial charge in [-0.3, -0.25) is 9.78 Å². The minimum atomic E-state index is -0.573. The van der Waals surface area contributed by atoms with E-state index in [1.54, 1.807) is 36.7 Å². The van der Waals surface area contributed by atoms with E-state index < -0.39 is 11.2 Å². The molecule has 1 N–H and O–H groups in total. The predicted octanol–water partition coefficient (Wildman–Crippen LogP) is 2.37. The van der Waals surface area contributed by atoms with Gasteiger partial charge in [0.05, 0.1) is 29.0 Å². The Hall–Kier alpha value is -3.74. The molecule has 4 rings (SSSR count). The topological polar surface area (TPSA) is 85.0 Å². The highest BCUT2D eigenvalue weighted by atomic mass is 16.2. The number of nitrogens with zero attached hydrogens (tertiary/aromatic N) is 4. The Morgan fingerprint density at radius 3 is 2.70 bits per heavy atom. The third-order valence-electron chi connectivity index (χ3n) is 4.47. The van der Waals surface area contributed by atoms with E-state index in [-0.39, 0.29) is 0 Å². The molecule has 27 heavy (non-hydrogen) atoms. The third kappa shape index (κ3) is 2.89. The van der Waals surface area contributed by atoms with Gasteiger partial charge in [-0.05, 0) is 44.2 Å². The molecule has 0 radical (unpaired) electrons. The average molecular weight is 359 g/mol. The molecule has 0 spiro atoms. The first-order valence-corrected chi connectivity index (χ1v) is 8.44. The quantitative estimate of drug-likeness (QED) is 0.570. The second kappa shape index (κ2) is 6.53. The maximum atomic E-state index is 12.6. The van der Waals surface area contributed by atoms with Gasteiger partial charge in [-0.1, -0.05) is 12.1 Å². The molecule has 0 aliphatic rings. The Bertz CT molecular complexity index is 1280. The number of nitrogens with one attached hydrogen (secondary N) is 1. The number of benzene rings is 1. The fourth-order valence-electron chi connectivity index (χ4n) is 3.18. The van der Waals surface area contributed by atoms with Crippen LogP contribution in [0.15, 0.2) is 69.5 Å². The highest BCUT2D eigenvalue weighted by molar-refractivity contribution is 5.82. The number of hydrogen-bond acceptors (Lipinski definition) is 4. The number of aromatic nitrogens is 4. The zero-order chi connectivity index (χ0) is 19.0. The first-order chi connectivity index (χ1) is 13.1. The zero-order valence-corrected chi connectivity index (χ0v) is 14.9. The van der Waals surface area contributed by atoms with Crippen LogP contribution in [0.2, 0.25) is 0 Å². The van der Waals surface area contributed by atoms with E-state index in [4.69, 9.17) is 0 Å². The van der Waals surface area contributed by atoms with Crippen LogP contribution in [-0.2, 0) is 0 Å². The summed E-state index contributed by atoms with van der Waals surface area (Å²) in [6.07, 6.45) is 5.03. The largest absolute Gasteiger partial charge is 0.349 e. The molecule has 0 saturated heterocycles. The fourth-order valence-corrected chi connectivity index (χ4v) is 3.18. The molecule has 0 amide bonds. The SMILES string of the molecule is Cc1cc(C=Nn2c(=O)[nH]c3ccccc3c2=O)c(C)n1-c1cccnc1. The first-order valence-electron chi connectivity index (χ1n) is 8.44. The van der Waals surface area contributed by atoms with Crippen LogP contribution in [0.4, 0.5) is 0 Å². The Kier molecular flexibility index (Phi) is 4.04. The third-order valence-corrected chi connectivity index (χ3v) is 4.47. The van der Waals surface area contributed by atoms with Gasteiger partial charge in [0.1, 0.15) is 0 Å². The maximum absolute atomic E-state index is 12.6. The van der Waals surface area contributed by atoms with Crippen molar-refractivity contribution in [2.24, 2.45) is 5.10 Å². The number of aromatic amines is 1. The van der Waals surface area contributed by atoms with E-state index in [1.165, 1.54) is 6.21 Å². The fraction of sp³-hybridized carbons (Fsp3) is 0.100. The monoisotopic (exact) mass is 359 g/mol. The first kappa shape index (κ1) is 16.7. The molecular formula is C20H17N5O2. The minimum Gasteiger partial charge on any atom is -0.316 e. The van der Waals surface area contributed by atoms with Crippen LogP contribution in [0.3, 0.4) is 0 Å². The normalized spacial score (nSPS) is 11.5. The van der Waals surface area contributed by atoms with Crippen LogP contribution in [0, 0.1) is 13.8 Å². The summed E-state index contributed by atoms with van der Waals surface area (Å²) in [6.45, 7) is 3.93. The average Bonchev–Trinajstić information content (AvgIpc) is 2.96. The van der Waals surface area contributed by atoms with Crippen molar-refractivity contribution in [1.82, 2.24) is 19.2 Å². The summed E-state index contributed by atoms with van der Waals surface area (Å²) in [5, 5.41) is 4.55. The lowest BCUT2D eigenvalue weighted by atomic mass is 10.2. The molecule has 134 valence electrons. The summed E-state index contributed by atoms with van der Waals surface area (Å²) in [6, 6.07) is 12.6. The van der Waals surface area contributed by atoms with E-state index in [2.05, 4.69) is 15.1 Å².